The number of pyridine rings is 1. The Morgan fingerprint density at radius 3 is 2.51 bits per heavy atom. The fourth-order valence-corrected chi connectivity index (χ4v) is 5.81. The molecule has 212 valence electrons. The molecule has 0 aromatic carbocycles. The fourth-order valence-electron chi connectivity index (χ4n) is 5.19. The second-order valence-corrected chi connectivity index (χ2v) is 12.1. The van der Waals surface area contributed by atoms with Crippen LogP contribution in [0.25, 0.3) is 17.0 Å². The van der Waals surface area contributed by atoms with E-state index in [0.717, 1.165) is 28.3 Å². The van der Waals surface area contributed by atoms with Gasteiger partial charge >= 0.3 is 16.4 Å². The number of aromatic amines is 1. The lowest BCUT2D eigenvalue weighted by Crippen LogP contribution is -2.43. The molecular weight excluding hydrogens is 537 g/mol. The van der Waals surface area contributed by atoms with Gasteiger partial charge in [-0.3, -0.25) is 9.82 Å². The molecule has 3 aliphatic rings. The lowest BCUT2D eigenvalue weighted by Gasteiger charge is -2.33. The quantitative estimate of drug-likeness (QED) is 0.467. The molecule has 0 fully saturated rings. The van der Waals surface area contributed by atoms with E-state index in [1.54, 1.807) is 6.08 Å². The van der Waals surface area contributed by atoms with Gasteiger partial charge in [-0.25, -0.2) is 4.98 Å². The number of H-pyrrole nitrogens is 1. The molecule has 0 amide bonds. The number of hydrazone groups is 1. The fraction of sp³-hybridized carbons (Fsp3) is 0.542. The minimum atomic E-state index is -4.67. The minimum Gasteiger partial charge on any atom is -0.490 e. The van der Waals surface area contributed by atoms with Crippen LogP contribution in [0, 0.1) is 0 Å². The molecule has 0 radical (unpaired) electrons. The first kappa shape index (κ1) is 27.4. The largest absolute Gasteiger partial charge is 0.490 e. The van der Waals surface area contributed by atoms with Crippen molar-refractivity contribution in [1.29, 1.82) is 0 Å². The van der Waals surface area contributed by atoms with E-state index < -0.39 is 34.0 Å². The Morgan fingerprint density at radius 2 is 1.85 bits per heavy atom. The van der Waals surface area contributed by atoms with Crippen LogP contribution >= 0.6 is 0 Å². The molecule has 0 saturated heterocycles. The molecular formula is C24H31F3N8O3S. The van der Waals surface area contributed by atoms with Gasteiger partial charge in [0.15, 0.2) is 5.69 Å². The smallest absolute Gasteiger partial charge is 0.435 e. The zero-order valence-electron chi connectivity index (χ0n) is 22.1. The van der Waals surface area contributed by atoms with Gasteiger partial charge in [0, 0.05) is 26.8 Å². The maximum absolute atomic E-state index is 13.9. The number of hydrogen-bond donors (Lipinski definition) is 3. The number of rotatable bonds is 7. The molecule has 2 atom stereocenters. The highest BCUT2D eigenvalue weighted by Gasteiger charge is 2.44. The number of aromatic nitrogens is 3. The topological polar surface area (TPSA) is 128 Å². The number of likely N-dealkylation sites (N-methyl/N-ethyl adjacent to an activating group) is 1. The molecule has 1 aliphatic heterocycles. The van der Waals surface area contributed by atoms with Crippen molar-refractivity contribution in [2.45, 2.75) is 43.8 Å². The van der Waals surface area contributed by atoms with Gasteiger partial charge in [-0.1, -0.05) is 0 Å². The average molecular weight is 569 g/mol. The molecule has 2 aromatic heterocycles. The zero-order valence-corrected chi connectivity index (χ0v) is 22.9. The van der Waals surface area contributed by atoms with Crippen LogP contribution in [0.2, 0.25) is 0 Å². The molecule has 15 heteroatoms. The highest BCUT2D eigenvalue weighted by molar-refractivity contribution is 7.87. The number of ether oxygens (including phenoxy) is 1. The van der Waals surface area contributed by atoms with Gasteiger partial charge in [0.2, 0.25) is 0 Å². The summed E-state index contributed by atoms with van der Waals surface area (Å²) in [6.45, 7) is 0.931. The molecule has 0 bridgehead atoms. The molecule has 2 unspecified atom stereocenters. The number of halogens is 3. The molecule has 39 heavy (non-hydrogen) atoms. The van der Waals surface area contributed by atoms with Crippen molar-refractivity contribution in [3.63, 3.8) is 0 Å². The standard InChI is InChI=1S/C24H31F3N8O3S/c1-34(2)9-10-38-17-11-16-19(23(32-30-16)33-39(36,37)35(3)4)18-13-7-5-6-8-14(13)20(29-21(17)18)15-12-28-31-22(15)24(25,26)27/h11-12,16,19,30H,5-10H2,1-4H3,(H,28,31)(H,32,33). The van der Waals surface area contributed by atoms with Gasteiger partial charge in [0.05, 0.1) is 23.2 Å². The summed E-state index contributed by atoms with van der Waals surface area (Å²) in [5, 5.41) is 10.1. The molecule has 2 aliphatic carbocycles. The van der Waals surface area contributed by atoms with Crippen LogP contribution in [-0.4, -0.2) is 86.0 Å². The summed E-state index contributed by atoms with van der Waals surface area (Å²) in [6, 6.07) is -0.426. The van der Waals surface area contributed by atoms with Crippen molar-refractivity contribution in [3.8, 4) is 11.3 Å². The van der Waals surface area contributed by atoms with E-state index in [0.29, 0.717) is 43.0 Å². The summed E-state index contributed by atoms with van der Waals surface area (Å²) < 4.78 is 76.7. The Hall–Kier alpha value is -3.17. The minimum absolute atomic E-state index is 0.120. The van der Waals surface area contributed by atoms with Crippen molar-refractivity contribution in [3.05, 3.63) is 40.4 Å². The maximum Gasteiger partial charge on any atom is 0.435 e. The Morgan fingerprint density at radius 1 is 1.13 bits per heavy atom. The molecule has 3 heterocycles. The van der Waals surface area contributed by atoms with Crippen LogP contribution in [0.1, 0.15) is 46.8 Å². The summed E-state index contributed by atoms with van der Waals surface area (Å²) in [7, 11) is 2.77. The van der Waals surface area contributed by atoms with Crippen molar-refractivity contribution < 1.29 is 26.3 Å². The number of fused-ring (bicyclic) bond motifs is 5. The van der Waals surface area contributed by atoms with Gasteiger partial charge in [-0.15, -0.1) is 0 Å². The van der Waals surface area contributed by atoms with Crippen LogP contribution in [0.3, 0.4) is 0 Å². The third-order valence-electron chi connectivity index (χ3n) is 7.09. The van der Waals surface area contributed by atoms with Crippen LogP contribution in [0.15, 0.2) is 17.4 Å². The van der Waals surface area contributed by atoms with E-state index in [1.165, 1.54) is 20.3 Å². The van der Waals surface area contributed by atoms with Crippen molar-refractivity contribution in [2.75, 3.05) is 41.3 Å². The van der Waals surface area contributed by atoms with Crippen LogP contribution in [0.5, 0.6) is 0 Å². The lowest BCUT2D eigenvalue weighted by atomic mass is 9.76. The molecule has 2 aromatic rings. The second kappa shape index (κ2) is 10.1. The molecule has 11 nitrogen and oxygen atoms in total. The van der Waals surface area contributed by atoms with Gasteiger partial charge in [-0.05, 0) is 62.5 Å². The van der Waals surface area contributed by atoms with E-state index in [1.807, 2.05) is 19.0 Å². The number of alkyl halides is 3. The van der Waals surface area contributed by atoms with Crippen LogP contribution in [0.4, 0.5) is 13.2 Å². The second-order valence-electron chi connectivity index (χ2n) is 10.2. The predicted octanol–water partition coefficient (Wildman–Crippen LogP) is 2.07. The summed E-state index contributed by atoms with van der Waals surface area (Å²) in [5.41, 5.74) is 4.74. The Labute approximate surface area is 224 Å². The molecule has 0 saturated carbocycles. The zero-order chi connectivity index (χ0) is 28.1. The first-order valence-corrected chi connectivity index (χ1v) is 14.0. The number of nitrogens with zero attached hydrogens (tertiary/aromatic N) is 5. The highest BCUT2D eigenvalue weighted by Crippen LogP contribution is 2.46. The number of nitrogens with one attached hydrogen (secondary N) is 3. The molecule has 5 rings (SSSR count). The number of hydrogen-bond acceptors (Lipinski definition) is 8. The van der Waals surface area contributed by atoms with Gasteiger partial charge in [-0.2, -0.15) is 36.1 Å². The van der Waals surface area contributed by atoms with E-state index in [2.05, 4.69) is 25.4 Å². The van der Waals surface area contributed by atoms with Gasteiger partial charge in [0.1, 0.15) is 23.9 Å². The third-order valence-corrected chi connectivity index (χ3v) is 8.52. The molecule has 3 N–H and O–H groups in total. The van der Waals surface area contributed by atoms with Crippen LogP contribution in [-0.2, 0) is 34.0 Å². The van der Waals surface area contributed by atoms with Gasteiger partial charge < -0.3 is 15.1 Å². The molecule has 0 spiro atoms. The van der Waals surface area contributed by atoms with Crippen molar-refractivity contribution in [1.82, 2.24) is 34.5 Å². The average Bonchev–Trinajstić information content (AvgIpc) is 3.50. The summed E-state index contributed by atoms with van der Waals surface area (Å²) in [4.78, 5) is 6.76. The highest BCUT2D eigenvalue weighted by atomic mass is 32.2. The lowest BCUT2D eigenvalue weighted by molar-refractivity contribution is -0.140. The SMILES string of the molecule is CN(C)CCOC1=CC2NN=C(NS(=O)(=O)N(C)C)C2c2c1nc(-c1c[nH]nc1C(F)(F)F)c1c2CCCC1. The Kier molecular flexibility index (Phi) is 7.09. The summed E-state index contributed by atoms with van der Waals surface area (Å²) >= 11 is 0. The maximum atomic E-state index is 13.9. The Bertz CT molecular complexity index is 1430. The first-order chi connectivity index (χ1) is 18.4. The normalized spacial score (nSPS) is 20.6. The van der Waals surface area contributed by atoms with E-state index in [4.69, 9.17) is 9.72 Å². The van der Waals surface area contributed by atoms with Crippen LogP contribution < -0.4 is 10.1 Å². The Balaban J connectivity index is 1.69. The predicted molar refractivity (Wildman–Crippen MR) is 139 cm³/mol. The first-order valence-electron chi connectivity index (χ1n) is 12.6. The van der Waals surface area contributed by atoms with E-state index >= 15 is 0 Å². The third kappa shape index (κ3) is 5.10. The van der Waals surface area contributed by atoms with Gasteiger partial charge in [0.25, 0.3) is 0 Å². The summed E-state index contributed by atoms with van der Waals surface area (Å²) in [6.07, 6.45) is 1.10. The van der Waals surface area contributed by atoms with Crippen molar-refractivity contribution in [2.24, 2.45) is 5.10 Å². The van der Waals surface area contributed by atoms with E-state index in [9.17, 15) is 21.6 Å². The van der Waals surface area contributed by atoms with E-state index in [-0.39, 0.29) is 17.1 Å². The van der Waals surface area contributed by atoms with Crippen molar-refractivity contribution >= 4 is 21.8 Å². The monoisotopic (exact) mass is 568 g/mol. The number of amidine groups is 1. The summed E-state index contributed by atoms with van der Waals surface area (Å²) in [5.74, 6) is 0.0649.